The van der Waals surface area contributed by atoms with E-state index in [1.807, 2.05) is 0 Å². The van der Waals surface area contributed by atoms with Crippen LogP contribution in [0.15, 0.2) is 18.2 Å². The number of rotatable bonds is 3. The van der Waals surface area contributed by atoms with Crippen LogP contribution in [-0.4, -0.2) is 45.9 Å². The third-order valence-corrected chi connectivity index (χ3v) is 6.24. The maximum Gasteiger partial charge on any atom is 0.414 e. The lowest BCUT2D eigenvalue weighted by Gasteiger charge is -2.39. The van der Waals surface area contributed by atoms with Crippen molar-refractivity contribution in [2.45, 2.75) is 24.9 Å². The van der Waals surface area contributed by atoms with Gasteiger partial charge in [-0.15, -0.1) is 0 Å². The predicted octanol–water partition coefficient (Wildman–Crippen LogP) is 2.74. The van der Waals surface area contributed by atoms with E-state index in [1.54, 1.807) is 12.1 Å². The fourth-order valence-electron chi connectivity index (χ4n) is 3.09. The van der Waals surface area contributed by atoms with Crippen LogP contribution in [0.5, 0.6) is 0 Å². The molecule has 2 heterocycles. The third-order valence-electron chi connectivity index (χ3n) is 4.46. The molecule has 0 bridgehead atoms. The third kappa shape index (κ3) is 3.45. The van der Waals surface area contributed by atoms with E-state index in [2.05, 4.69) is 0 Å². The number of halogens is 1. The average molecular weight is 344 g/mol. The van der Waals surface area contributed by atoms with E-state index >= 15 is 0 Å². The van der Waals surface area contributed by atoms with E-state index in [4.69, 9.17) is 10.5 Å². The van der Waals surface area contributed by atoms with Gasteiger partial charge in [-0.25, -0.2) is 9.18 Å². The van der Waals surface area contributed by atoms with Crippen LogP contribution in [0, 0.1) is 5.82 Å². The van der Waals surface area contributed by atoms with Crippen LogP contribution < -0.4 is 10.6 Å². The summed E-state index contributed by atoms with van der Waals surface area (Å²) in [5.74, 6) is 0.228. The predicted molar refractivity (Wildman–Crippen MR) is 87.6 cm³/mol. The Labute approximate surface area is 135 Å². The Hall–Kier alpha value is -1.35. The van der Waals surface area contributed by atoms with Gasteiger partial charge in [-0.05, 0) is 36.5 Å². The maximum absolute atomic E-state index is 14.5. The van der Waals surface area contributed by atoms with Gasteiger partial charge in [0.1, 0.15) is 11.9 Å². The second-order valence-electron chi connectivity index (χ2n) is 6.04. The fourth-order valence-corrected chi connectivity index (χ4v) is 4.62. The molecule has 2 saturated heterocycles. The molecule has 1 unspecified atom stereocenters. The highest BCUT2D eigenvalue weighted by molar-refractivity contribution is 8.24. The first-order valence-electron chi connectivity index (χ1n) is 7.61. The Bertz CT molecular complexity index is 603. The Morgan fingerprint density at radius 2 is 2.04 bits per heavy atom. The minimum Gasteiger partial charge on any atom is -0.443 e. The highest BCUT2D eigenvalue weighted by Gasteiger charge is 2.32. The lowest BCUT2D eigenvalue weighted by atomic mass is 9.93. The number of carbonyl (C=O) groups is 1. The molecule has 0 aliphatic carbocycles. The summed E-state index contributed by atoms with van der Waals surface area (Å²) >= 11 is 0. The summed E-state index contributed by atoms with van der Waals surface area (Å²) in [6, 6.07) is 4.71. The van der Waals surface area contributed by atoms with Crippen molar-refractivity contribution in [3.05, 3.63) is 29.6 Å². The topological polar surface area (TPSA) is 96.0 Å². The van der Waals surface area contributed by atoms with Gasteiger partial charge in [0.05, 0.1) is 12.2 Å². The van der Waals surface area contributed by atoms with Crippen molar-refractivity contribution >= 4 is 22.4 Å². The number of cyclic esters (lactones) is 1. The average Bonchev–Trinajstić information content (AvgIpc) is 2.89. The van der Waals surface area contributed by atoms with E-state index in [-0.39, 0.29) is 24.4 Å². The minimum absolute atomic E-state index is 0.0219. The van der Waals surface area contributed by atoms with E-state index < -0.39 is 16.7 Å². The Balaban J connectivity index is 1.75. The van der Waals surface area contributed by atoms with Gasteiger partial charge >= 0.3 is 6.09 Å². The molecule has 2 fully saturated rings. The molecule has 23 heavy (non-hydrogen) atoms. The minimum atomic E-state index is -2.48. The first-order valence-corrected chi connectivity index (χ1v) is 9.49. The van der Waals surface area contributed by atoms with Crippen molar-refractivity contribution in [2.75, 3.05) is 29.5 Å². The Morgan fingerprint density at radius 1 is 1.35 bits per heavy atom. The number of hydrogen-bond acceptors (Lipinski definition) is 5. The van der Waals surface area contributed by atoms with Crippen molar-refractivity contribution < 1.29 is 23.0 Å². The number of ether oxygens (including phenoxy) is 1. The molecule has 4 N–H and O–H groups in total. The van der Waals surface area contributed by atoms with Gasteiger partial charge in [0.15, 0.2) is 0 Å². The zero-order valence-corrected chi connectivity index (χ0v) is 13.5. The van der Waals surface area contributed by atoms with E-state index in [9.17, 15) is 18.3 Å². The van der Waals surface area contributed by atoms with Crippen LogP contribution in [0.4, 0.5) is 14.9 Å². The van der Waals surface area contributed by atoms with Crippen LogP contribution in [-0.2, 0) is 4.74 Å². The van der Waals surface area contributed by atoms with Crippen LogP contribution in [0.3, 0.4) is 0 Å². The summed E-state index contributed by atoms with van der Waals surface area (Å²) in [5.41, 5.74) is 6.51. The molecule has 2 aliphatic heterocycles. The van der Waals surface area contributed by atoms with E-state index in [0.717, 1.165) is 0 Å². The molecule has 1 aromatic carbocycles. The van der Waals surface area contributed by atoms with Crippen LogP contribution in [0.25, 0.3) is 0 Å². The molecule has 1 aromatic rings. The highest BCUT2D eigenvalue weighted by Crippen LogP contribution is 2.48. The summed E-state index contributed by atoms with van der Waals surface area (Å²) in [6.07, 6.45) is 0.229. The molecule has 0 aromatic heterocycles. The second kappa shape index (κ2) is 6.27. The number of nitrogens with zero attached hydrogens (tertiary/aromatic N) is 1. The van der Waals surface area contributed by atoms with Crippen molar-refractivity contribution in [3.63, 3.8) is 0 Å². The molecule has 128 valence electrons. The van der Waals surface area contributed by atoms with Crippen molar-refractivity contribution in [3.8, 4) is 0 Å². The Kier molecular flexibility index (Phi) is 4.50. The molecular weight excluding hydrogens is 323 g/mol. The largest absolute Gasteiger partial charge is 0.443 e. The van der Waals surface area contributed by atoms with Gasteiger partial charge in [0.25, 0.3) is 0 Å². The smallest absolute Gasteiger partial charge is 0.414 e. The molecule has 0 radical (unpaired) electrons. The van der Waals surface area contributed by atoms with Crippen molar-refractivity contribution in [1.29, 1.82) is 0 Å². The Morgan fingerprint density at radius 3 is 2.61 bits per heavy atom. The summed E-state index contributed by atoms with van der Waals surface area (Å²) in [5, 5.41) is 0. The normalized spacial score (nSPS) is 26.2. The van der Waals surface area contributed by atoms with Crippen LogP contribution in [0.2, 0.25) is 0 Å². The zero-order chi connectivity index (χ0) is 16.6. The lowest BCUT2D eigenvalue weighted by molar-refractivity contribution is 0.145. The maximum atomic E-state index is 14.5. The fraction of sp³-hybridized carbons (Fsp3) is 0.533. The van der Waals surface area contributed by atoms with Gasteiger partial charge < -0.3 is 10.5 Å². The zero-order valence-electron chi connectivity index (χ0n) is 12.7. The number of carbonyl (C=O) groups excluding carboxylic acids is 1. The van der Waals surface area contributed by atoms with E-state index in [0.29, 0.717) is 42.1 Å². The molecule has 0 spiro atoms. The standard InChI is InChI=1S/C15H21FN2O4S/c16-14-7-11(18-9-12(8-17)22-15(18)19)1-2-13(14)10-3-5-23(20,21)6-4-10/h1-2,7,10,12,20-21H,3-6,8-9,17H2. The van der Waals surface area contributed by atoms with E-state index in [1.165, 1.54) is 11.0 Å². The number of nitrogens with two attached hydrogens (primary N) is 1. The van der Waals surface area contributed by atoms with Crippen molar-refractivity contribution in [2.24, 2.45) is 5.73 Å². The van der Waals surface area contributed by atoms with Crippen molar-refractivity contribution in [1.82, 2.24) is 0 Å². The molecule has 6 nitrogen and oxygen atoms in total. The molecule has 1 amide bonds. The summed E-state index contributed by atoms with van der Waals surface area (Å²) in [7, 11) is -2.48. The number of amides is 1. The molecular formula is C15H21FN2O4S. The SMILES string of the molecule is NCC1CN(c2ccc(C3CCS(O)(O)CC3)c(F)c2)C(=O)O1. The molecule has 0 saturated carbocycles. The number of benzene rings is 1. The van der Waals surface area contributed by atoms with Gasteiger partial charge in [0.2, 0.25) is 0 Å². The highest BCUT2D eigenvalue weighted by atomic mass is 32.3. The van der Waals surface area contributed by atoms with Gasteiger partial charge in [-0.2, -0.15) is 10.6 Å². The van der Waals surface area contributed by atoms with Crippen LogP contribution in [0.1, 0.15) is 24.3 Å². The summed E-state index contributed by atoms with van der Waals surface area (Å²) < 4.78 is 38.8. The number of anilines is 1. The van der Waals surface area contributed by atoms with Crippen LogP contribution >= 0.6 is 10.6 Å². The lowest BCUT2D eigenvalue weighted by Crippen LogP contribution is -2.27. The first-order chi connectivity index (χ1) is 10.9. The quantitative estimate of drug-likeness (QED) is 0.783. The molecule has 2 aliphatic rings. The van der Waals surface area contributed by atoms with Gasteiger partial charge in [-0.1, -0.05) is 6.07 Å². The molecule has 1 atom stereocenters. The monoisotopic (exact) mass is 344 g/mol. The number of hydrogen-bond donors (Lipinski definition) is 3. The summed E-state index contributed by atoms with van der Waals surface area (Å²) in [4.78, 5) is 13.2. The second-order valence-corrected chi connectivity index (χ2v) is 8.46. The molecule has 8 heteroatoms. The first kappa shape index (κ1) is 16.5. The molecule has 3 rings (SSSR count). The summed E-state index contributed by atoms with van der Waals surface area (Å²) in [6.45, 7) is 0.551. The van der Waals surface area contributed by atoms with Gasteiger partial charge in [0, 0.05) is 18.1 Å². The van der Waals surface area contributed by atoms with Gasteiger partial charge in [-0.3, -0.25) is 14.0 Å².